The van der Waals surface area contributed by atoms with Crippen LogP contribution in [0.15, 0.2) is 83.8 Å². The van der Waals surface area contributed by atoms with Gasteiger partial charge in [-0.2, -0.15) is 0 Å². The highest BCUT2D eigenvalue weighted by Gasteiger charge is 2.27. The van der Waals surface area contributed by atoms with Gasteiger partial charge in [0.25, 0.3) is 0 Å². The zero-order valence-corrected chi connectivity index (χ0v) is 15.7. The van der Waals surface area contributed by atoms with E-state index in [0.29, 0.717) is 6.54 Å². The maximum absolute atomic E-state index is 11.7. The Bertz CT molecular complexity index is 1030. The SMILES string of the molecule is NS(=O)(=O)c1cccc(NCC(c2ccccc2)c2ccccc2)c1[N+](=O)[O-]. The van der Waals surface area contributed by atoms with Gasteiger partial charge < -0.3 is 5.32 Å². The average Bonchev–Trinajstić information content (AvgIpc) is 2.69. The van der Waals surface area contributed by atoms with Crippen LogP contribution in [0.3, 0.4) is 0 Å². The lowest BCUT2D eigenvalue weighted by Gasteiger charge is -2.20. The second-order valence-corrected chi connectivity index (χ2v) is 7.74. The van der Waals surface area contributed by atoms with E-state index in [4.69, 9.17) is 5.14 Å². The number of anilines is 1. The fourth-order valence-electron chi connectivity index (χ4n) is 3.09. The number of para-hydroxylation sites is 1. The van der Waals surface area contributed by atoms with Gasteiger partial charge in [0, 0.05) is 12.5 Å². The summed E-state index contributed by atoms with van der Waals surface area (Å²) >= 11 is 0. The van der Waals surface area contributed by atoms with Crippen molar-refractivity contribution < 1.29 is 13.3 Å². The van der Waals surface area contributed by atoms with Crippen molar-refractivity contribution in [2.75, 3.05) is 11.9 Å². The highest BCUT2D eigenvalue weighted by atomic mass is 32.2. The number of nitro benzene ring substituents is 1. The number of hydrogen-bond donors (Lipinski definition) is 2. The lowest BCUT2D eigenvalue weighted by atomic mass is 9.91. The summed E-state index contributed by atoms with van der Waals surface area (Å²) in [6.45, 7) is 0.336. The van der Waals surface area contributed by atoms with Gasteiger partial charge >= 0.3 is 5.69 Å². The van der Waals surface area contributed by atoms with Gasteiger partial charge in [0.15, 0.2) is 4.90 Å². The van der Waals surface area contributed by atoms with Crippen molar-refractivity contribution >= 4 is 21.4 Å². The van der Waals surface area contributed by atoms with Crippen LogP contribution in [0.4, 0.5) is 11.4 Å². The predicted molar refractivity (Wildman–Crippen MR) is 108 cm³/mol. The molecule has 3 aromatic carbocycles. The van der Waals surface area contributed by atoms with Crippen LogP contribution in [0.2, 0.25) is 0 Å². The largest absolute Gasteiger partial charge is 0.378 e. The Balaban J connectivity index is 1.98. The third-order valence-electron chi connectivity index (χ3n) is 4.39. The Hall–Kier alpha value is -3.23. The summed E-state index contributed by atoms with van der Waals surface area (Å²) in [5.41, 5.74) is 1.62. The van der Waals surface area contributed by atoms with Crippen molar-refractivity contribution in [3.63, 3.8) is 0 Å². The number of nitrogens with one attached hydrogen (secondary N) is 1. The quantitative estimate of drug-likeness (QED) is 0.468. The number of hydrogen-bond acceptors (Lipinski definition) is 5. The Morgan fingerprint density at radius 1 is 0.893 bits per heavy atom. The minimum absolute atomic E-state index is 0.0832. The van der Waals surface area contributed by atoms with Gasteiger partial charge in [0.05, 0.1) is 4.92 Å². The molecule has 0 unspecified atom stereocenters. The number of benzene rings is 3. The van der Waals surface area contributed by atoms with E-state index in [1.807, 2.05) is 60.7 Å². The van der Waals surface area contributed by atoms with Crippen LogP contribution < -0.4 is 10.5 Å². The number of nitrogens with zero attached hydrogens (tertiary/aromatic N) is 1. The van der Waals surface area contributed by atoms with Crippen LogP contribution in [0.25, 0.3) is 0 Å². The van der Waals surface area contributed by atoms with Gasteiger partial charge in [-0.15, -0.1) is 0 Å². The fraction of sp³-hybridized carbons (Fsp3) is 0.100. The minimum Gasteiger partial charge on any atom is -0.378 e. The van der Waals surface area contributed by atoms with Crippen LogP contribution in [0.5, 0.6) is 0 Å². The molecule has 0 saturated heterocycles. The van der Waals surface area contributed by atoms with Crippen LogP contribution in [0.1, 0.15) is 17.0 Å². The predicted octanol–water partition coefficient (Wildman–Crippen LogP) is 3.49. The zero-order valence-electron chi connectivity index (χ0n) is 14.9. The summed E-state index contributed by atoms with van der Waals surface area (Å²) in [5.74, 6) is -0.0832. The molecule has 3 aromatic rings. The molecule has 0 radical (unpaired) electrons. The first-order valence-electron chi connectivity index (χ1n) is 8.52. The maximum atomic E-state index is 11.7. The van der Waals surface area contributed by atoms with Gasteiger partial charge in [-0.3, -0.25) is 10.1 Å². The molecular weight excluding hydrogens is 378 g/mol. The lowest BCUT2D eigenvalue weighted by molar-refractivity contribution is -0.386. The topological polar surface area (TPSA) is 115 Å². The normalized spacial score (nSPS) is 11.4. The minimum atomic E-state index is -4.23. The number of nitro groups is 1. The first kappa shape index (κ1) is 19.5. The molecule has 0 aliphatic rings. The molecule has 144 valence electrons. The van der Waals surface area contributed by atoms with Gasteiger partial charge in [-0.1, -0.05) is 66.7 Å². The smallest absolute Gasteiger partial charge is 0.312 e. The summed E-state index contributed by atoms with van der Waals surface area (Å²) in [6.07, 6.45) is 0. The summed E-state index contributed by atoms with van der Waals surface area (Å²) in [6, 6.07) is 23.5. The number of sulfonamides is 1. The number of rotatable bonds is 7. The highest BCUT2D eigenvalue weighted by Crippen LogP contribution is 2.33. The van der Waals surface area contributed by atoms with Crippen molar-refractivity contribution in [3.05, 3.63) is 100 Å². The van der Waals surface area contributed by atoms with Gasteiger partial charge in [-0.25, -0.2) is 13.6 Å². The molecule has 0 aliphatic heterocycles. The van der Waals surface area contributed by atoms with E-state index in [1.54, 1.807) is 0 Å². The Kier molecular flexibility index (Phi) is 5.72. The third kappa shape index (κ3) is 4.36. The molecule has 0 saturated carbocycles. The molecule has 0 spiro atoms. The van der Waals surface area contributed by atoms with Crippen molar-refractivity contribution in [2.24, 2.45) is 5.14 Å². The monoisotopic (exact) mass is 397 g/mol. The molecule has 0 bridgehead atoms. The number of primary sulfonamides is 1. The van der Waals surface area contributed by atoms with E-state index in [2.05, 4.69) is 5.32 Å². The summed E-state index contributed by atoms with van der Waals surface area (Å²) in [7, 11) is -4.23. The molecule has 0 atom stereocenters. The van der Waals surface area contributed by atoms with E-state index >= 15 is 0 Å². The standard InChI is InChI=1S/C20H19N3O4S/c21-28(26,27)19-13-7-12-18(20(19)23(24)25)22-14-17(15-8-3-1-4-9-15)16-10-5-2-6-11-16/h1-13,17,22H,14H2,(H2,21,26,27). The molecular formula is C20H19N3O4S. The second-order valence-electron chi connectivity index (χ2n) is 6.21. The van der Waals surface area contributed by atoms with E-state index in [-0.39, 0.29) is 11.6 Å². The van der Waals surface area contributed by atoms with Crippen LogP contribution in [-0.4, -0.2) is 19.9 Å². The highest BCUT2D eigenvalue weighted by molar-refractivity contribution is 7.89. The van der Waals surface area contributed by atoms with Crippen molar-refractivity contribution in [1.29, 1.82) is 0 Å². The average molecular weight is 397 g/mol. The van der Waals surface area contributed by atoms with Crippen LogP contribution in [-0.2, 0) is 10.0 Å². The summed E-state index contributed by atoms with van der Waals surface area (Å²) in [4.78, 5) is 10.3. The molecule has 3 rings (SSSR count). The van der Waals surface area contributed by atoms with Gasteiger partial charge in [0.2, 0.25) is 10.0 Å². The third-order valence-corrected chi connectivity index (χ3v) is 5.33. The molecule has 0 fully saturated rings. The molecule has 7 nitrogen and oxygen atoms in total. The Labute approximate surface area is 163 Å². The molecule has 0 aliphatic carbocycles. The molecule has 8 heteroatoms. The number of nitrogens with two attached hydrogens (primary N) is 1. The zero-order chi connectivity index (χ0) is 20.1. The molecule has 0 heterocycles. The molecule has 0 aromatic heterocycles. The van der Waals surface area contributed by atoms with E-state index in [9.17, 15) is 18.5 Å². The van der Waals surface area contributed by atoms with Gasteiger partial charge in [-0.05, 0) is 23.3 Å². The van der Waals surface area contributed by atoms with E-state index in [0.717, 1.165) is 17.2 Å². The Morgan fingerprint density at radius 2 is 1.43 bits per heavy atom. The van der Waals surface area contributed by atoms with E-state index in [1.165, 1.54) is 12.1 Å². The fourth-order valence-corrected chi connectivity index (χ4v) is 3.82. The molecule has 3 N–H and O–H groups in total. The lowest BCUT2D eigenvalue weighted by Crippen LogP contribution is -2.18. The molecule has 28 heavy (non-hydrogen) atoms. The Morgan fingerprint density at radius 3 is 1.89 bits per heavy atom. The van der Waals surface area contributed by atoms with Crippen molar-refractivity contribution in [1.82, 2.24) is 0 Å². The first-order valence-corrected chi connectivity index (χ1v) is 10.1. The second kappa shape index (κ2) is 8.20. The van der Waals surface area contributed by atoms with Crippen molar-refractivity contribution in [3.8, 4) is 0 Å². The van der Waals surface area contributed by atoms with Crippen LogP contribution in [0, 0.1) is 10.1 Å². The summed E-state index contributed by atoms with van der Waals surface area (Å²) in [5, 5.41) is 19.7. The summed E-state index contributed by atoms with van der Waals surface area (Å²) < 4.78 is 23.5. The molecule has 0 amide bonds. The first-order chi connectivity index (χ1) is 13.4. The van der Waals surface area contributed by atoms with Gasteiger partial charge in [0.1, 0.15) is 5.69 Å². The maximum Gasteiger partial charge on any atom is 0.312 e. The van der Waals surface area contributed by atoms with Crippen molar-refractivity contribution in [2.45, 2.75) is 10.8 Å². The van der Waals surface area contributed by atoms with Crippen LogP contribution >= 0.6 is 0 Å². The van der Waals surface area contributed by atoms with E-state index < -0.39 is 25.5 Å².